The fourth-order valence-electron chi connectivity index (χ4n) is 0.717. The van der Waals surface area contributed by atoms with Gasteiger partial charge in [-0.25, -0.2) is 0 Å². The minimum Gasteiger partial charge on any atom is -0.190 e. The summed E-state index contributed by atoms with van der Waals surface area (Å²) in [6.45, 7) is 0. The van der Waals surface area contributed by atoms with Gasteiger partial charge in [-0.3, -0.25) is 0 Å². The lowest BCUT2D eigenvalue weighted by Crippen LogP contribution is -2.65. The molecular weight excluding hydrogens is 466 g/mol. The molecule has 0 aromatic carbocycles. The van der Waals surface area contributed by atoms with E-state index in [1.165, 1.54) is 0 Å². The average molecular weight is 466 g/mol. The van der Waals surface area contributed by atoms with Crippen molar-refractivity contribution in [1.82, 2.24) is 0 Å². The van der Waals surface area contributed by atoms with E-state index in [4.69, 9.17) is 128 Å². The van der Waals surface area contributed by atoms with E-state index < -0.39 is 21.3 Å². The zero-order valence-corrected chi connectivity index (χ0v) is 15.4. The van der Waals surface area contributed by atoms with Gasteiger partial charge >= 0.3 is 0 Å². The van der Waals surface area contributed by atoms with Crippen molar-refractivity contribution in [2.75, 3.05) is 0 Å². The van der Waals surface area contributed by atoms with E-state index in [0.29, 0.717) is 0 Å². The van der Waals surface area contributed by atoms with Crippen LogP contribution >= 0.6 is 128 Å². The molecule has 0 amide bonds. The minimum absolute atomic E-state index is 2.57. The van der Waals surface area contributed by atoms with E-state index in [2.05, 4.69) is 0 Å². The molecule has 0 fully saturated rings. The first kappa shape index (κ1) is 20.1. The molecule has 0 aliphatic carbocycles. The topological polar surface area (TPSA) is 19.9 Å². The summed E-state index contributed by atoms with van der Waals surface area (Å²) in [5.41, 5.74) is 0. The molecule has 0 bridgehead atoms. The lowest BCUT2D eigenvalue weighted by molar-refractivity contribution is 0.0923. The van der Waals surface area contributed by atoms with Crippen LogP contribution in [0.3, 0.4) is 0 Å². The van der Waals surface area contributed by atoms with Gasteiger partial charge in [-0.05, 0) is 0 Å². The first-order valence-corrected chi connectivity index (χ1v) is 7.44. The summed E-state index contributed by atoms with van der Waals surface area (Å²) < 4.78 is -11.1. The van der Waals surface area contributed by atoms with Crippen molar-refractivity contribution in [2.24, 2.45) is 0 Å². The zero-order chi connectivity index (χ0) is 14.5. The highest BCUT2D eigenvalue weighted by atomic mass is 35.6. The van der Waals surface area contributed by atoms with Crippen LogP contribution in [0.15, 0.2) is 0 Å². The van der Waals surface area contributed by atoms with Crippen molar-refractivity contribution in [3.8, 4) is 0 Å². The van der Waals surface area contributed by atoms with Gasteiger partial charge in [0.05, 0.1) is 0 Å². The first-order valence-electron chi connectivity index (χ1n) is 3.28. The molecule has 1 nitrogen and oxygen atoms in total. The highest BCUT2D eigenvalue weighted by molar-refractivity contribution is 6.81. The molecule has 12 heteroatoms. The molecule has 0 atom stereocenters. The first-order chi connectivity index (χ1) is 7.00. The maximum Gasteiger partial charge on any atom is 0.285 e. The van der Waals surface area contributed by atoms with E-state index in [-0.39, 0.29) is 0 Å². The quantitative estimate of drug-likeness (QED) is 0.418. The standard InChI is InChI=1S/C5Cl11O/c6-1(3(9,10)11,4(12,13)14)2(7,8)5(15,16)17. The second kappa shape index (κ2) is 5.74. The largest absolute Gasteiger partial charge is 0.285 e. The molecular formula is C5Cl11O. The van der Waals surface area contributed by atoms with Crippen LogP contribution in [0.1, 0.15) is 0 Å². The fraction of sp³-hybridized carbons (Fsp3) is 1.00. The number of halogens is 11. The Balaban J connectivity index is 6.04. The second-order valence-electron chi connectivity index (χ2n) is 2.75. The Hall–Kier alpha value is 3.15. The molecule has 0 spiro atoms. The van der Waals surface area contributed by atoms with Crippen molar-refractivity contribution < 1.29 is 5.11 Å². The number of hydrogen-bond donors (Lipinski definition) is 0. The van der Waals surface area contributed by atoms with Gasteiger partial charge in [-0.1, -0.05) is 116 Å². The van der Waals surface area contributed by atoms with Crippen molar-refractivity contribution in [1.29, 1.82) is 0 Å². The Morgan fingerprint density at radius 2 is 0.765 bits per heavy atom. The van der Waals surface area contributed by atoms with Crippen LogP contribution in [0.4, 0.5) is 0 Å². The maximum atomic E-state index is 11.5. The summed E-state index contributed by atoms with van der Waals surface area (Å²) in [6.07, 6.45) is 0. The van der Waals surface area contributed by atoms with Gasteiger partial charge in [0.25, 0.3) is 4.52 Å². The SMILES string of the molecule is [O]C(Cl)(Cl)C(Cl)(Cl)C(Cl)(C(Cl)(Cl)Cl)C(Cl)(Cl)Cl. The van der Waals surface area contributed by atoms with Crippen molar-refractivity contribution in [2.45, 2.75) is 21.3 Å². The van der Waals surface area contributed by atoms with Gasteiger partial charge in [0.15, 0.2) is 4.87 Å². The summed E-state index contributed by atoms with van der Waals surface area (Å²) in [5, 5.41) is 11.5. The normalized spacial score (nSPS) is 16.2. The van der Waals surface area contributed by atoms with Gasteiger partial charge < -0.3 is 0 Å². The zero-order valence-electron chi connectivity index (χ0n) is 7.07. The Bertz CT molecular complexity index is 266. The van der Waals surface area contributed by atoms with Gasteiger partial charge in [-0.2, -0.15) is 5.11 Å². The molecule has 0 N–H and O–H groups in total. The molecule has 0 unspecified atom stereocenters. The summed E-state index contributed by atoms with van der Waals surface area (Å²) in [7, 11) is 0. The molecule has 0 saturated heterocycles. The highest BCUT2D eigenvalue weighted by Crippen LogP contribution is 2.67. The Kier molecular flexibility index (Phi) is 6.80. The van der Waals surface area contributed by atoms with Gasteiger partial charge in [-0.15, -0.1) is 11.6 Å². The third-order valence-electron chi connectivity index (χ3n) is 1.58. The molecule has 1 radical (unpaired) electrons. The van der Waals surface area contributed by atoms with Crippen molar-refractivity contribution >= 4 is 128 Å². The number of alkyl halides is 11. The molecule has 0 rings (SSSR count). The molecule has 0 aliphatic rings. The van der Waals surface area contributed by atoms with Crippen LogP contribution in [-0.4, -0.2) is 21.3 Å². The van der Waals surface area contributed by atoms with Crippen LogP contribution in [0.2, 0.25) is 0 Å². The summed E-state index contributed by atoms with van der Waals surface area (Å²) in [5.74, 6) is 0. The van der Waals surface area contributed by atoms with Crippen LogP contribution in [0.25, 0.3) is 0 Å². The van der Waals surface area contributed by atoms with E-state index in [9.17, 15) is 5.11 Å². The molecule has 17 heavy (non-hydrogen) atoms. The fourth-order valence-corrected chi connectivity index (χ4v) is 4.51. The smallest absolute Gasteiger partial charge is 0.190 e. The minimum atomic E-state index is -3.12. The van der Waals surface area contributed by atoms with Gasteiger partial charge in [0.1, 0.15) is 0 Å². The molecule has 0 aromatic heterocycles. The molecule has 0 aromatic rings. The lowest BCUT2D eigenvalue weighted by atomic mass is 10.1. The third-order valence-corrected chi connectivity index (χ3v) is 6.96. The number of hydrogen-bond acceptors (Lipinski definition) is 0. The van der Waals surface area contributed by atoms with E-state index in [1.54, 1.807) is 0 Å². The van der Waals surface area contributed by atoms with E-state index in [1.807, 2.05) is 0 Å². The highest BCUT2D eigenvalue weighted by Gasteiger charge is 2.76. The lowest BCUT2D eigenvalue weighted by Gasteiger charge is -2.48. The molecule has 0 saturated carbocycles. The van der Waals surface area contributed by atoms with Crippen LogP contribution in [-0.2, 0) is 5.11 Å². The monoisotopic (exact) mass is 461 g/mol. The molecule has 0 aliphatic heterocycles. The summed E-state index contributed by atoms with van der Waals surface area (Å²) in [4.78, 5) is -2.73. The summed E-state index contributed by atoms with van der Waals surface area (Å²) in [6, 6.07) is 0. The van der Waals surface area contributed by atoms with Crippen LogP contribution in [0, 0.1) is 0 Å². The van der Waals surface area contributed by atoms with Crippen LogP contribution < -0.4 is 0 Å². The number of rotatable bonds is 2. The predicted octanol–water partition coefficient (Wildman–Crippen LogP) is 6.44. The van der Waals surface area contributed by atoms with Gasteiger partial charge in [0.2, 0.25) is 11.9 Å². The Labute approximate surface area is 152 Å². The third kappa shape index (κ3) is 3.67. The van der Waals surface area contributed by atoms with Gasteiger partial charge in [0, 0.05) is 0 Å². The maximum absolute atomic E-state index is 11.5. The van der Waals surface area contributed by atoms with E-state index >= 15 is 0 Å². The second-order valence-corrected chi connectivity index (χ2v) is 10.5. The summed E-state index contributed by atoms with van der Waals surface area (Å²) >= 11 is 60.8. The van der Waals surface area contributed by atoms with Crippen LogP contribution in [0.5, 0.6) is 0 Å². The van der Waals surface area contributed by atoms with E-state index in [0.717, 1.165) is 0 Å². The van der Waals surface area contributed by atoms with Crippen molar-refractivity contribution in [3.05, 3.63) is 0 Å². The average Bonchev–Trinajstić information content (AvgIpc) is 1.95. The van der Waals surface area contributed by atoms with Crippen molar-refractivity contribution in [3.63, 3.8) is 0 Å². The molecule has 103 valence electrons. The predicted molar refractivity (Wildman–Crippen MR) is 78.7 cm³/mol. The molecule has 0 heterocycles. The Morgan fingerprint density at radius 3 is 0.824 bits per heavy atom. The Morgan fingerprint density at radius 1 is 0.529 bits per heavy atom.